The Bertz CT molecular complexity index is 916. The van der Waals surface area contributed by atoms with Crippen LogP contribution in [-0.2, 0) is 24.3 Å². The first-order valence-corrected chi connectivity index (χ1v) is 12.4. The highest BCUT2D eigenvalue weighted by atomic mass is 35.5. The van der Waals surface area contributed by atoms with Crippen LogP contribution >= 0.6 is 11.6 Å². The van der Waals surface area contributed by atoms with Crippen LogP contribution in [0.4, 0.5) is 0 Å². The van der Waals surface area contributed by atoms with Crippen LogP contribution in [0.25, 0.3) is 0 Å². The van der Waals surface area contributed by atoms with Gasteiger partial charge in [-0.1, -0.05) is 38.3 Å². The van der Waals surface area contributed by atoms with Crippen LogP contribution in [0, 0.1) is 11.8 Å². The number of ether oxygens (including phenoxy) is 2. The fourth-order valence-electron chi connectivity index (χ4n) is 4.00. The molecule has 0 unspecified atom stereocenters. The molecule has 31 heavy (non-hydrogen) atoms. The number of sulfonamides is 1. The number of morpholine rings is 1. The van der Waals surface area contributed by atoms with Gasteiger partial charge in [-0.05, 0) is 36.5 Å². The van der Waals surface area contributed by atoms with E-state index in [9.17, 15) is 18.0 Å². The van der Waals surface area contributed by atoms with Crippen molar-refractivity contribution in [3.8, 4) is 0 Å². The van der Waals surface area contributed by atoms with Crippen molar-refractivity contribution in [1.82, 2.24) is 9.62 Å². The van der Waals surface area contributed by atoms with Crippen LogP contribution in [0.3, 0.4) is 0 Å². The second-order valence-electron chi connectivity index (χ2n) is 8.18. The molecule has 2 fully saturated rings. The van der Waals surface area contributed by atoms with Crippen LogP contribution < -0.4 is 5.32 Å². The van der Waals surface area contributed by atoms with Gasteiger partial charge < -0.3 is 14.8 Å². The van der Waals surface area contributed by atoms with Gasteiger partial charge in [0.05, 0.1) is 23.8 Å². The predicted octanol–water partition coefficient (Wildman–Crippen LogP) is 2.46. The van der Waals surface area contributed by atoms with Crippen molar-refractivity contribution in [2.24, 2.45) is 11.8 Å². The maximum atomic E-state index is 12.9. The van der Waals surface area contributed by atoms with Crippen molar-refractivity contribution in [3.05, 3.63) is 28.8 Å². The number of nitrogens with one attached hydrogen (secondary N) is 1. The lowest BCUT2D eigenvalue weighted by Gasteiger charge is -2.34. The van der Waals surface area contributed by atoms with E-state index in [2.05, 4.69) is 19.2 Å². The van der Waals surface area contributed by atoms with Crippen molar-refractivity contribution >= 4 is 33.5 Å². The first-order valence-electron chi connectivity index (χ1n) is 10.5. The zero-order valence-corrected chi connectivity index (χ0v) is 19.4. The molecule has 1 aliphatic carbocycles. The van der Waals surface area contributed by atoms with Crippen LogP contribution in [0.2, 0.25) is 5.02 Å². The normalized spacial score (nSPS) is 25.1. The number of carbonyl (C=O) groups is 2. The molecular formula is C21H29ClN2O6S. The summed E-state index contributed by atoms with van der Waals surface area (Å²) in [6.07, 6.45) is 3.11. The van der Waals surface area contributed by atoms with E-state index in [1.54, 1.807) is 0 Å². The summed E-state index contributed by atoms with van der Waals surface area (Å²) < 4.78 is 37.4. The summed E-state index contributed by atoms with van der Waals surface area (Å²) in [6, 6.07) is 3.98. The van der Waals surface area contributed by atoms with E-state index in [1.165, 1.54) is 22.5 Å². The summed E-state index contributed by atoms with van der Waals surface area (Å²) in [4.78, 5) is 24.5. The minimum Gasteiger partial charge on any atom is -0.452 e. The van der Waals surface area contributed by atoms with Gasteiger partial charge in [0.25, 0.3) is 5.91 Å². The number of esters is 1. The molecule has 0 radical (unpaired) electrons. The third kappa shape index (κ3) is 5.77. The lowest BCUT2D eigenvalue weighted by atomic mass is 9.78. The Morgan fingerprint density at radius 2 is 1.94 bits per heavy atom. The molecule has 1 saturated carbocycles. The van der Waals surface area contributed by atoms with Crippen molar-refractivity contribution in [3.63, 3.8) is 0 Å². The minimum atomic E-state index is -3.88. The zero-order valence-electron chi connectivity index (χ0n) is 17.8. The molecule has 1 aromatic carbocycles. The maximum absolute atomic E-state index is 12.9. The molecule has 1 aliphatic heterocycles. The number of nitrogens with zero attached hydrogens (tertiary/aromatic N) is 1. The topological polar surface area (TPSA) is 102 Å². The monoisotopic (exact) mass is 472 g/mol. The highest BCUT2D eigenvalue weighted by Crippen LogP contribution is 2.29. The van der Waals surface area contributed by atoms with Crippen molar-refractivity contribution in [1.29, 1.82) is 0 Å². The second-order valence-corrected chi connectivity index (χ2v) is 10.5. The number of benzene rings is 1. The van der Waals surface area contributed by atoms with Crippen molar-refractivity contribution in [2.75, 3.05) is 32.9 Å². The molecule has 1 N–H and O–H groups in total. The minimum absolute atomic E-state index is 0.0150. The SMILES string of the molecule is C[C@H]1[C@@H](NC(=O)COC(=O)c2ccc(Cl)c(S(=O)(=O)N3CCOCC3)c2)CCC[C@@H]1C. The maximum Gasteiger partial charge on any atom is 0.338 e. The summed E-state index contributed by atoms with van der Waals surface area (Å²) in [5.74, 6) is -0.259. The Balaban J connectivity index is 1.63. The Labute approximate surface area is 188 Å². The molecule has 10 heteroatoms. The van der Waals surface area contributed by atoms with Gasteiger partial charge >= 0.3 is 5.97 Å². The summed E-state index contributed by atoms with van der Waals surface area (Å²) in [7, 11) is -3.88. The Morgan fingerprint density at radius 3 is 2.65 bits per heavy atom. The van der Waals surface area contributed by atoms with Gasteiger partial charge in [-0.3, -0.25) is 4.79 Å². The number of carbonyl (C=O) groups excluding carboxylic acids is 2. The van der Waals surface area contributed by atoms with Crippen LogP contribution in [0.5, 0.6) is 0 Å². The van der Waals surface area contributed by atoms with E-state index in [-0.39, 0.29) is 40.5 Å². The number of hydrogen-bond donors (Lipinski definition) is 1. The van der Waals surface area contributed by atoms with Gasteiger partial charge in [0.2, 0.25) is 10.0 Å². The molecule has 1 aromatic rings. The molecular weight excluding hydrogens is 444 g/mol. The van der Waals surface area contributed by atoms with Gasteiger partial charge in [0.15, 0.2) is 6.61 Å². The largest absolute Gasteiger partial charge is 0.452 e. The molecule has 0 aromatic heterocycles. The summed E-state index contributed by atoms with van der Waals surface area (Å²) in [5, 5.41) is 2.96. The number of rotatable bonds is 6. The van der Waals surface area contributed by atoms with E-state index >= 15 is 0 Å². The van der Waals surface area contributed by atoms with Gasteiger partial charge in [0, 0.05) is 19.1 Å². The van der Waals surface area contributed by atoms with Crippen molar-refractivity contribution < 1.29 is 27.5 Å². The Hall–Kier alpha value is -1.68. The molecule has 0 bridgehead atoms. The quantitative estimate of drug-likeness (QED) is 0.638. The highest BCUT2D eigenvalue weighted by molar-refractivity contribution is 7.89. The lowest BCUT2D eigenvalue weighted by Crippen LogP contribution is -2.45. The first-order chi connectivity index (χ1) is 14.7. The van der Waals surface area contributed by atoms with E-state index < -0.39 is 22.6 Å². The molecule has 2 aliphatic rings. The molecule has 1 heterocycles. The summed E-state index contributed by atoms with van der Waals surface area (Å²) >= 11 is 6.11. The zero-order chi connectivity index (χ0) is 22.6. The Morgan fingerprint density at radius 1 is 1.23 bits per heavy atom. The molecule has 0 spiro atoms. The van der Waals surface area contributed by atoms with Gasteiger partial charge in [-0.2, -0.15) is 4.31 Å². The van der Waals surface area contributed by atoms with E-state index in [1.807, 2.05) is 0 Å². The van der Waals surface area contributed by atoms with Crippen LogP contribution in [0.15, 0.2) is 23.1 Å². The standard InChI is InChI=1S/C21H29ClN2O6S/c1-14-4-3-5-18(15(14)2)23-20(25)13-30-21(26)16-6-7-17(22)19(12-16)31(27,28)24-8-10-29-11-9-24/h6-7,12,14-15,18H,3-5,8-11,13H2,1-2H3,(H,23,25)/t14-,15+,18-/m0/s1. The van der Waals surface area contributed by atoms with Crippen LogP contribution in [-0.4, -0.2) is 63.6 Å². The predicted molar refractivity (Wildman–Crippen MR) is 115 cm³/mol. The van der Waals surface area contributed by atoms with Gasteiger partial charge in [-0.25, -0.2) is 13.2 Å². The lowest BCUT2D eigenvalue weighted by molar-refractivity contribution is -0.125. The van der Waals surface area contributed by atoms with E-state index in [0.29, 0.717) is 25.0 Å². The van der Waals surface area contributed by atoms with Crippen molar-refractivity contribution in [2.45, 2.75) is 44.0 Å². The van der Waals surface area contributed by atoms with Gasteiger partial charge in [0.1, 0.15) is 4.90 Å². The third-order valence-corrected chi connectivity index (χ3v) is 8.52. The van der Waals surface area contributed by atoms with Crippen LogP contribution in [0.1, 0.15) is 43.5 Å². The van der Waals surface area contributed by atoms with E-state index in [0.717, 1.165) is 19.3 Å². The summed E-state index contributed by atoms with van der Waals surface area (Å²) in [6.45, 7) is 4.89. The number of hydrogen-bond acceptors (Lipinski definition) is 6. The average Bonchev–Trinajstić information content (AvgIpc) is 2.76. The fourth-order valence-corrected chi connectivity index (χ4v) is 5.91. The second kappa shape index (κ2) is 10.3. The number of halogens is 1. The Kier molecular flexibility index (Phi) is 7.96. The molecule has 1 amide bonds. The molecule has 8 nitrogen and oxygen atoms in total. The smallest absolute Gasteiger partial charge is 0.338 e. The van der Waals surface area contributed by atoms with E-state index in [4.69, 9.17) is 21.1 Å². The fraction of sp³-hybridized carbons (Fsp3) is 0.619. The first kappa shape index (κ1) is 24.0. The molecule has 172 valence electrons. The average molecular weight is 473 g/mol. The molecule has 3 rings (SSSR count). The van der Waals surface area contributed by atoms with Gasteiger partial charge in [-0.15, -0.1) is 0 Å². The molecule has 1 saturated heterocycles. The highest BCUT2D eigenvalue weighted by Gasteiger charge is 2.30. The number of amides is 1. The summed E-state index contributed by atoms with van der Waals surface area (Å²) in [5.41, 5.74) is 0.0173. The molecule has 3 atom stereocenters. The third-order valence-electron chi connectivity index (χ3n) is 6.14.